The van der Waals surface area contributed by atoms with Crippen LogP contribution in [0.2, 0.25) is 0 Å². The number of carboxylic acid groups (broad SMARTS) is 2. The van der Waals surface area contributed by atoms with Gasteiger partial charge in [0.1, 0.15) is 30.4 Å². The van der Waals surface area contributed by atoms with Crippen LogP contribution >= 0.6 is 0 Å². The molecular formula is C49H64N6O5+2. The van der Waals surface area contributed by atoms with Crippen LogP contribution in [0, 0.1) is 5.41 Å². The number of fused-ring (bicyclic) bond motifs is 2. The van der Waals surface area contributed by atoms with E-state index in [9.17, 15) is 9.59 Å². The molecule has 318 valence electrons. The summed E-state index contributed by atoms with van der Waals surface area (Å²) in [6, 6.07) is 12.5. The van der Waals surface area contributed by atoms with Gasteiger partial charge in [-0.05, 0) is 124 Å². The summed E-state index contributed by atoms with van der Waals surface area (Å²) >= 11 is 0. The number of aliphatic carboxylic acids is 2. The minimum atomic E-state index is -0.748. The van der Waals surface area contributed by atoms with Gasteiger partial charge in [0.2, 0.25) is 0 Å². The summed E-state index contributed by atoms with van der Waals surface area (Å²) in [5.41, 5.74) is 12.8. The van der Waals surface area contributed by atoms with Crippen molar-refractivity contribution in [3.05, 3.63) is 125 Å². The second-order valence-corrected chi connectivity index (χ2v) is 18.1. The van der Waals surface area contributed by atoms with Gasteiger partial charge < -0.3 is 30.1 Å². The zero-order chi connectivity index (χ0) is 43.1. The number of hydrogen-bond acceptors (Lipinski definition) is 7. The van der Waals surface area contributed by atoms with Gasteiger partial charge in [-0.25, -0.2) is 9.56 Å². The molecule has 0 aliphatic carbocycles. The van der Waals surface area contributed by atoms with Crippen LogP contribution in [0.5, 0.6) is 5.75 Å². The van der Waals surface area contributed by atoms with Gasteiger partial charge in [0.25, 0.3) is 0 Å². The molecule has 4 N–H and O–H groups in total. The molecule has 0 amide bonds. The molecule has 4 aliphatic heterocycles. The third-order valence-electron chi connectivity index (χ3n) is 12.0. The molecule has 0 radical (unpaired) electrons. The first kappa shape index (κ1) is 44.2. The molecule has 2 aromatic rings. The Morgan fingerprint density at radius 3 is 2.32 bits per heavy atom. The predicted octanol–water partition coefficient (Wildman–Crippen LogP) is 8.11. The zero-order valence-corrected chi connectivity index (χ0v) is 36.4. The molecule has 5 heterocycles. The second-order valence-electron chi connectivity index (χ2n) is 18.1. The quantitative estimate of drug-likeness (QED) is 0.0739. The van der Waals surface area contributed by atoms with Crippen molar-refractivity contribution in [1.29, 1.82) is 0 Å². The number of rotatable bonds is 19. The van der Waals surface area contributed by atoms with Crippen molar-refractivity contribution in [3.8, 4) is 5.75 Å². The number of quaternary nitrogens is 1. The maximum Gasteiger partial charge on any atom is 0.327 e. The molecule has 0 bridgehead atoms. The molecule has 0 saturated carbocycles. The van der Waals surface area contributed by atoms with E-state index in [4.69, 9.17) is 30.7 Å². The summed E-state index contributed by atoms with van der Waals surface area (Å²) < 4.78 is 9.83. The lowest BCUT2D eigenvalue weighted by atomic mass is 9.81. The Morgan fingerprint density at radius 1 is 0.900 bits per heavy atom. The number of likely N-dealkylation sites (N-methyl/N-ethyl adjacent to an activating group) is 1. The summed E-state index contributed by atoms with van der Waals surface area (Å²) in [6.07, 6.45) is 23.1. The van der Waals surface area contributed by atoms with E-state index in [1.807, 2.05) is 12.1 Å². The number of aliphatic imine (C=N–C) groups is 2. The molecule has 11 nitrogen and oxygen atoms in total. The largest absolute Gasteiger partial charge is 0.481 e. The number of benzene rings is 1. The highest BCUT2D eigenvalue weighted by Gasteiger charge is 2.43. The molecule has 0 saturated heterocycles. The number of aromatic nitrogens is 1. The number of carboxylic acids is 2. The number of carbonyl (C=O) groups is 2. The molecule has 4 aliphatic rings. The molecule has 0 spiro atoms. The lowest BCUT2D eigenvalue weighted by Crippen LogP contribution is -2.46. The van der Waals surface area contributed by atoms with Crippen LogP contribution in [0.4, 0.5) is 5.82 Å². The molecule has 11 heteroatoms. The topological polar surface area (TPSA) is 142 Å². The van der Waals surface area contributed by atoms with Gasteiger partial charge in [-0.2, -0.15) is 0 Å². The first-order chi connectivity index (χ1) is 28.6. The van der Waals surface area contributed by atoms with Crippen molar-refractivity contribution in [2.75, 3.05) is 40.3 Å². The Morgan fingerprint density at radius 2 is 1.62 bits per heavy atom. The molecule has 0 unspecified atom stereocenters. The van der Waals surface area contributed by atoms with Crippen molar-refractivity contribution >= 4 is 29.3 Å². The number of amidine groups is 1. The van der Waals surface area contributed by atoms with Crippen LogP contribution in [0.15, 0.2) is 123 Å². The van der Waals surface area contributed by atoms with E-state index in [1.54, 1.807) is 0 Å². The molecule has 0 fully saturated rings. The third kappa shape index (κ3) is 10.5. The van der Waals surface area contributed by atoms with E-state index in [2.05, 4.69) is 124 Å². The fraction of sp³-hybridized carbons (Fsp3) is 0.449. The standard InChI is InChI=1S/C49H62N6O5/c1-48(2)39-15-13-31-53(29-11-7-9-17-43(56)57)46(39)51-41(48)25-21-36-33-55(5,6)34-37(45(36)60-38-23-19-35(20-24-38)27-28-50)22-26-42-49(3,4)40-16-14-32-54(47(40)52-42)30-12-8-10-18-44(58)59/h13-16,19-26,31-32H,7-12,17-18,27-30,33-34,50H2,1-6H3/p+2. The van der Waals surface area contributed by atoms with Crippen molar-refractivity contribution < 1.29 is 33.6 Å². The van der Waals surface area contributed by atoms with Crippen molar-refractivity contribution in [2.24, 2.45) is 21.1 Å². The average molecular weight is 817 g/mol. The highest BCUT2D eigenvalue weighted by atomic mass is 16.5. The first-order valence-corrected chi connectivity index (χ1v) is 21.5. The van der Waals surface area contributed by atoms with Gasteiger partial charge in [0, 0.05) is 47.7 Å². The maximum atomic E-state index is 11.0. The Labute approximate surface area is 356 Å². The van der Waals surface area contributed by atoms with Crippen molar-refractivity contribution in [3.63, 3.8) is 0 Å². The highest BCUT2D eigenvalue weighted by Crippen LogP contribution is 2.45. The fourth-order valence-electron chi connectivity index (χ4n) is 8.50. The Kier molecular flexibility index (Phi) is 13.9. The summed E-state index contributed by atoms with van der Waals surface area (Å²) in [6.45, 7) is 12.6. The highest BCUT2D eigenvalue weighted by molar-refractivity contribution is 6.08. The monoisotopic (exact) mass is 816 g/mol. The van der Waals surface area contributed by atoms with Crippen LogP contribution in [-0.4, -0.2) is 83.4 Å². The van der Waals surface area contributed by atoms with Crippen LogP contribution in [0.25, 0.3) is 0 Å². The summed E-state index contributed by atoms with van der Waals surface area (Å²) in [4.78, 5) is 34.7. The number of unbranched alkanes of at least 4 members (excludes halogenated alkanes) is 4. The molecular weight excluding hydrogens is 753 g/mol. The first-order valence-electron chi connectivity index (χ1n) is 21.5. The number of nitrogens with zero attached hydrogens (tertiary/aromatic N) is 5. The van der Waals surface area contributed by atoms with Crippen molar-refractivity contribution in [2.45, 2.75) is 97.4 Å². The fourth-order valence-corrected chi connectivity index (χ4v) is 8.50. The SMILES string of the molecule is CC1(C)C2=CC=CN(CCCCCC(=O)O)C2=N/C1=C/C=C1\C[N+](C)(C)CC(/C=C/C2=Nc3c(ccc[n+]3CCCCCC(=O)O)C2(C)C)=C1Oc1ccc(CCN)cc1. The number of ether oxygens (including phenoxy) is 1. The molecule has 1 aromatic heterocycles. The van der Waals surface area contributed by atoms with Crippen molar-refractivity contribution in [1.82, 2.24) is 4.90 Å². The number of allylic oxidation sites excluding steroid dienone is 6. The van der Waals surface area contributed by atoms with Gasteiger partial charge in [-0.3, -0.25) is 9.59 Å². The van der Waals surface area contributed by atoms with E-state index < -0.39 is 11.9 Å². The van der Waals surface area contributed by atoms with Crippen LogP contribution < -0.4 is 15.0 Å². The lowest BCUT2D eigenvalue weighted by Gasteiger charge is -2.36. The average Bonchev–Trinajstić information content (AvgIpc) is 3.61. The lowest BCUT2D eigenvalue weighted by molar-refractivity contribution is -0.882. The van der Waals surface area contributed by atoms with Gasteiger partial charge in [-0.1, -0.05) is 38.5 Å². The normalized spacial score (nSPS) is 20.1. The number of aryl methyl sites for hydroxylation is 1. The summed E-state index contributed by atoms with van der Waals surface area (Å²) in [7, 11) is 4.50. The maximum absolute atomic E-state index is 11.0. The van der Waals surface area contributed by atoms with E-state index in [1.165, 1.54) is 16.7 Å². The summed E-state index contributed by atoms with van der Waals surface area (Å²) in [5.74, 6) is 2.02. The van der Waals surface area contributed by atoms with Gasteiger partial charge in [-0.15, -0.1) is 0 Å². The predicted molar refractivity (Wildman–Crippen MR) is 238 cm³/mol. The van der Waals surface area contributed by atoms with E-state index in [-0.39, 0.29) is 23.7 Å². The molecule has 60 heavy (non-hydrogen) atoms. The van der Waals surface area contributed by atoms with Crippen LogP contribution in [0.1, 0.15) is 90.2 Å². The number of nitrogens with two attached hydrogens (primary N) is 1. The van der Waals surface area contributed by atoms with E-state index in [0.717, 1.165) is 108 Å². The van der Waals surface area contributed by atoms with Crippen LogP contribution in [-0.2, 0) is 28.0 Å². The minimum absolute atomic E-state index is 0.199. The number of hydrogen-bond donors (Lipinski definition) is 3. The second kappa shape index (κ2) is 18.9. The van der Waals surface area contributed by atoms with E-state index in [0.29, 0.717) is 19.4 Å². The minimum Gasteiger partial charge on any atom is -0.481 e. The van der Waals surface area contributed by atoms with Gasteiger partial charge in [0.05, 0.1) is 43.5 Å². The van der Waals surface area contributed by atoms with Gasteiger partial charge in [0.15, 0.2) is 5.71 Å². The Balaban J connectivity index is 1.34. The Hall–Kier alpha value is -5.39. The molecule has 6 rings (SSSR count). The third-order valence-corrected chi connectivity index (χ3v) is 12.0. The van der Waals surface area contributed by atoms with E-state index >= 15 is 0 Å². The molecule has 1 aromatic carbocycles. The van der Waals surface area contributed by atoms with Gasteiger partial charge >= 0.3 is 17.8 Å². The smallest absolute Gasteiger partial charge is 0.327 e. The summed E-state index contributed by atoms with van der Waals surface area (Å²) in [5, 5.41) is 18.1. The number of pyridine rings is 1. The Bertz CT molecular complexity index is 2200. The van der Waals surface area contributed by atoms with Crippen LogP contribution in [0.3, 0.4) is 0 Å². The zero-order valence-electron chi connectivity index (χ0n) is 36.4. The molecule has 0 atom stereocenters.